The highest BCUT2D eigenvalue weighted by Crippen LogP contribution is 2.67. The minimum absolute atomic E-state index is 0.0495. The molecular formula is C27H46O2. The van der Waals surface area contributed by atoms with Crippen molar-refractivity contribution < 1.29 is 18.4 Å². The van der Waals surface area contributed by atoms with Gasteiger partial charge in [-0.1, -0.05) is 65.5 Å². The van der Waals surface area contributed by atoms with Crippen LogP contribution in [0, 0.1) is 46.3 Å². The standard InChI is InChI=1S/C27H46O2/c1-17(2)7-6-8-18(3)21-9-10-22-25-23(12-14-27(21,22)5)26(4)13-11-20(28)15-19(26)16-24(25)29/h16-18,20-25,28-29H,6-15H2,1-5H3/t18-,20+,21-,22+,23+,24+,25+,26+,27-/m1/s1/i11D2,15D2,16D,20D. The minimum Gasteiger partial charge on any atom is -0.393 e. The van der Waals surface area contributed by atoms with Gasteiger partial charge in [0.2, 0.25) is 0 Å². The average Bonchev–Trinajstić information content (AvgIpc) is 3.06. The molecular weight excluding hydrogens is 356 g/mol. The van der Waals surface area contributed by atoms with Crippen molar-refractivity contribution in [2.45, 2.75) is 111 Å². The van der Waals surface area contributed by atoms with Gasteiger partial charge in [0.15, 0.2) is 0 Å². The molecule has 3 fully saturated rings. The molecule has 0 amide bonds. The van der Waals surface area contributed by atoms with Crippen LogP contribution in [0.15, 0.2) is 11.6 Å². The second-order valence-corrected chi connectivity index (χ2v) is 11.5. The van der Waals surface area contributed by atoms with Crippen LogP contribution in [-0.4, -0.2) is 22.4 Å². The van der Waals surface area contributed by atoms with Crippen molar-refractivity contribution in [3.63, 3.8) is 0 Å². The molecule has 0 aromatic heterocycles. The van der Waals surface area contributed by atoms with E-state index in [9.17, 15) is 10.2 Å². The number of aliphatic hydroxyl groups excluding tert-OH is 1. The lowest BCUT2D eigenvalue weighted by atomic mass is 9.46. The maximum atomic E-state index is 11.5. The van der Waals surface area contributed by atoms with Crippen molar-refractivity contribution in [3.05, 3.63) is 11.6 Å². The van der Waals surface area contributed by atoms with E-state index in [1.807, 2.05) is 6.92 Å². The van der Waals surface area contributed by atoms with Gasteiger partial charge in [-0.25, -0.2) is 0 Å². The van der Waals surface area contributed by atoms with E-state index in [0.717, 1.165) is 25.7 Å². The molecule has 4 rings (SSSR count). The van der Waals surface area contributed by atoms with Crippen molar-refractivity contribution >= 4 is 0 Å². The summed E-state index contributed by atoms with van der Waals surface area (Å²) in [6.07, 6.45) is -2.12. The summed E-state index contributed by atoms with van der Waals surface area (Å²) in [6, 6.07) is -0.224. The lowest BCUT2D eigenvalue weighted by Gasteiger charge is -2.59. The molecule has 0 heterocycles. The summed E-state index contributed by atoms with van der Waals surface area (Å²) in [7, 11) is 0. The summed E-state index contributed by atoms with van der Waals surface area (Å²) in [5.74, 6) is 1.68. The van der Waals surface area contributed by atoms with Gasteiger partial charge in [0.1, 0.15) is 0 Å². The van der Waals surface area contributed by atoms with Gasteiger partial charge in [-0.3, -0.25) is 0 Å². The minimum atomic E-state index is -3.01. The molecule has 2 N–H and O–H groups in total. The van der Waals surface area contributed by atoms with Gasteiger partial charge in [0.25, 0.3) is 0 Å². The Bertz CT molecular complexity index is 870. The highest BCUT2D eigenvalue weighted by Gasteiger charge is 2.61. The second kappa shape index (κ2) is 7.97. The molecule has 0 aromatic carbocycles. The van der Waals surface area contributed by atoms with Crippen LogP contribution in [0.4, 0.5) is 0 Å². The van der Waals surface area contributed by atoms with Crippen LogP contribution < -0.4 is 0 Å². The monoisotopic (exact) mass is 408 g/mol. The zero-order chi connectivity index (χ0) is 26.4. The summed E-state index contributed by atoms with van der Waals surface area (Å²) >= 11 is 0. The molecule has 2 heteroatoms. The molecule has 0 spiro atoms. The molecule has 0 aromatic rings. The molecule has 4 aliphatic carbocycles. The fourth-order valence-electron chi connectivity index (χ4n) is 7.83. The van der Waals surface area contributed by atoms with E-state index >= 15 is 0 Å². The molecule has 9 atom stereocenters. The third-order valence-corrected chi connectivity index (χ3v) is 9.45. The first-order chi connectivity index (χ1) is 15.9. The smallest absolute Gasteiger partial charge is 0.0757 e. The molecule has 0 radical (unpaired) electrons. The Balaban J connectivity index is 1.70. The Morgan fingerprint density at radius 1 is 1.14 bits per heavy atom. The first-order valence-electron chi connectivity index (χ1n) is 15.1. The molecule has 4 aliphatic rings. The first-order valence-corrected chi connectivity index (χ1v) is 12.1. The molecule has 0 bridgehead atoms. The van der Waals surface area contributed by atoms with E-state index in [-0.39, 0.29) is 41.2 Å². The van der Waals surface area contributed by atoms with Crippen LogP contribution >= 0.6 is 0 Å². The lowest BCUT2D eigenvalue weighted by molar-refractivity contribution is -0.0970. The Labute approximate surface area is 188 Å². The highest BCUT2D eigenvalue weighted by atomic mass is 16.3. The zero-order valence-corrected chi connectivity index (χ0v) is 19.1. The van der Waals surface area contributed by atoms with Crippen molar-refractivity contribution in [1.82, 2.24) is 0 Å². The molecule has 29 heavy (non-hydrogen) atoms. The summed E-state index contributed by atoms with van der Waals surface area (Å²) in [6.45, 7) is 11.1. The van der Waals surface area contributed by atoms with Gasteiger partial charge in [-0.05, 0) is 91.2 Å². The predicted octanol–water partition coefficient (Wildman–Crippen LogP) is 6.36. The first kappa shape index (κ1) is 15.5. The predicted molar refractivity (Wildman–Crippen MR) is 120 cm³/mol. The average molecular weight is 409 g/mol. The summed E-state index contributed by atoms with van der Waals surface area (Å²) < 4.78 is 51.3. The fraction of sp³-hybridized carbons (Fsp3) is 0.926. The van der Waals surface area contributed by atoms with E-state index in [1.165, 1.54) is 19.3 Å². The summed E-state index contributed by atoms with van der Waals surface area (Å²) in [5.41, 5.74) is -1.01. The Hall–Kier alpha value is -0.340. The van der Waals surface area contributed by atoms with Crippen molar-refractivity contribution in [3.8, 4) is 0 Å². The normalized spacial score (nSPS) is 57.3. The van der Waals surface area contributed by atoms with Crippen molar-refractivity contribution in [1.29, 1.82) is 0 Å². The molecule has 3 saturated carbocycles. The molecule has 166 valence electrons. The lowest BCUT2D eigenvalue weighted by Crippen LogP contribution is -2.54. The van der Waals surface area contributed by atoms with Gasteiger partial charge in [-0.15, -0.1) is 0 Å². The van der Waals surface area contributed by atoms with E-state index < -0.39 is 30.3 Å². The maximum absolute atomic E-state index is 11.5. The van der Waals surface area contributed by atoms with E-state index in [4.69, 9.17) is 8.22 Å². The largest absolute Gasteiger partial charge is 0.393 e. The van der Waals surface area contributed by atoms with E-state index in [1.54, 1.807) is 0 Å². The van der Waals surface area contributed by atoms with Crippen LogP contribution in [0.2, 0.25) is 0 Å². The summed E-state index contributed by atoms with van der Waals surface area (Å²) in [5, 5.41) is 22.2. The Kier molecular flexibility index (Phi) is 4.25. The number of hydrogen-bond acceptors (Lipinski definition) is 2. The van der Waals surface area contributed by atoms with Gasteiger partial charge in [-0.2, -0.15) is 0 Å². The topological polar surface area (TPSA) is 40.5 Å². The van der Waals surface area contributed by atoms with Crippen molar-refractivity contribution in [2.75, 3.05) is 0 Å². The molecule has 2 nitrogen and oxygen atoms in total. The van der Waals surface area contributed by atoms with E-state index in [2.05, 4.69) is 27.7 Å². The van der Waals surface area contributed by atoms with Crippen molar-refractivity contribution in [2.24, 2.45) is 46.3 Å². The Morgan fingerprint density at radius 2 is 1.90 bits per heavy atom. The van der Waals surface area contributed by atoms with Crippen LogP contribution in [0.25, 0.3) is 0 Å². The van der Waals surface area contributed by atoms with Gasteiger partial charge in [0.05, 0.1) is 14.9 Å². The number of aliphatic hydroxyl groups is 2. The van der Waals surface area contributed by atoms with Crippen LogP contribution in [-0.2, 0) is 0 Å². The Morgan fingerprint density at radius 3 is 2.62 bits per heavy atom. The van der Waals surface area contributed by atoms with Gasteiger partial charge in [0, 0.05) is 5.48 Å². The van der Waals surface area contributed by atoms with Gasteiger partial charge >= 0.3 is 0 Å². The summed E-state index contributed by atoms with van der Waals surface area (Å²) in [4.78, 5) is 0. The maximum Gasteiger partial charge on any atom is 0.0757 e. The second-order valence-electron chi connectivity index (χ2n) is 11.5. The quantitative estimate of drug-likeness (QED) is 0.520. The third-order valence-electron chi connectivity index (χ3n) is 9.45. The van der Waals surface area contributed by atoms with Crippen LogP contribution in [0.1, 0.15) is 107 Å². The number of fused-ring (bicyclic) bond motifs is 5. The highest BCUT2D eigenvalue weighted by molar-refractivity contribution is 5.27. The molecule has 0 saturated heterocycles. The van der Waals surface area contributed by atoms with Gasteiger partial charge < -0.3 is 10.2 Å². The van der Waals surface area contributed by atoms with E-state index in [0.29, 0.717) is 17.8 Å². The zero-order valence-electron chi connectivity index (χ0n) is 25.1. The van der Waals surface area contributed by atoms with Crippen LogP contribution in [0.3, 0.4) is 0 Å². The third kappa shape index (κ3) is 3.65. The molecule has 0 unspecified atom stereocenters. The molecule has 0 aliphatic heterocycles. The number of rotatable bonds is 5. The van der Waals surface area contributed by atoms with Crippen LogP contribution in [0.5, 0.6) is 0 Å². The fourth-order valence-corrected chi connectivity index (χ4v) is 7.83. The SMILES string of the molecule is [2H]C1=C2C([2H])([2H])[C@@]([2H])(O)C([2H])([2H])C[C@]2(C)[C@H]2CC[C@]3(C)[C@@H]([C@H](C)CCCC(C)C)CC[C@H]3[C@@H]2[C@H]1O. The number of hydrogen-bond donors (Lipinski definition) is 2.